The lowest BCUT2D eigenvalue weighted by Crippen LogP contribution is -2.43. The number of rotatable bonds is 15. The number of aryl methyl sites for hydroxylation is 1. The Morgan fingerprint density at radius 1 is 0.806 bits per heavy atom. The smallest absolute Gasteiger partial charge is 0.364 e. The van der Waals surface area contributed by atoms with Gasteiger partial charge in [0.15, 0.2) is 6.54 Å². The van der Waals surface area contributed by atoms with Crippen molar-refractivity contribution in [3.8, 4) is 5.75 Å². The van der Waals surface area contributed by atoms with Crippen molar-refractivity contribution in [2.24, 2.45) is 0 Å². The number of hydrogen-bond donors (Lipinski definition) is 0. The summed E-state index contributed by atoms with van der Waals surface area (Å²) in [6.45, 7) is 3.28. The van der Waals surface area contributed by atoms with Gasteiger partial charge in [-0.25, -0.2) is 4.79 Å². The molecule has 0 N–H and O–H groups in total. The van der Waals surface area contributed by atoms with Crippen molar-refractivity contribution < 1.29 is 18.8 Å². The van der Waals surface area contributed by atoms with Crippen molar-refractivity contribution in [1.82, 2.24) is 0 Å². The third-order valence-corrected chi connectivity index (χ3v) is 5.45. The molecule has 0 aromatic heterocycles. The number of carbonyl (C=O) groups is 1. The highest BCUT2D eigenvalue weighted by Crippen LogP contribution is 2.16. The highest BCUT2D eigenvalue weighted by atomic mass is 16.7. The zero-order valence-corrected chi connectivity index (χ0v) is 19.6. The van der Waals surface area contributed by atoms with E-state index < -0.39 is 0 Å². The number of esters is 1. The van der Waals surface area contributed by atoms with E-state index in [1.807, 2.05) is 44.4 Å². The van der Waals surface area contributed by atoms with Crippen LogP contribution in [0.15, 0.2) is 54.6 Å². The second kappa shape index (κ2) is 13.9. The van der Waals surface area contributed by atoms with Crippen molar-refractivity contribution in [3.63, 3.8) is 0 Å². The quantitative estimate of drug-likeness (QED) is 0.149. The van der Waals surface area contributed by atoms with Crippen LogP contribution in [0.5, 0.6) is 5.75 Å². The van der Waals surface area contributed by atoms with E-state index in [1.165, 1.54) is 56.1 Å². The van der Waals surface area contributed by atoms with E-state index in [2.05, 4.69) is 31.2 Å². The van der Waals surface area contributed by atoms with Crippen LogP contribution in [0.4, 0.5) is 0 Å². The van der Waals surface area contributed by atoms with Crippen molar-refractivity contribution >= 4 is 5.97 Å². The summed E-state index contributed by atoms with van der Waals surface area (Å²) in [6, 6.07) is 18.3. The van der Waals surface area contributed by atoms with Gasteiger partial charge in [0.25, 0.3) is 0 Å². The summed E-state index contributed by atoms with van der Waals surface area (Å²) < 4.78 is 11.4. The molecular formula is C27H40NO3+. The molecule has 2 rings (SSSR count). The normalized spacial score (nSPS) is 11.3. The van der Waals surface area contributed by atoms with Crippen LogP contribution in [0.25, 0.3) is 0 Å². The van der Waals surface area contributed by atoms with Crippen LogP contribution < -0.4 is 4.74 Å². The molecule has 2 aromatic carbocycles. The van der Waals surface area contributed by atoms with Crippen LogP contribution in [-0.4, -0.2) is 37.9 Å². The van der Waals surface area contributed by atoms with Crippen LogP contribution in [0.2, 0.25) is 0 Å². The second-order valence-electron chi connectivity index (χ2n) is 9.03. The molecule has 0 unspecified atom stereocenters. The van der Waals surface area contributed by atoms with E-state index in [1.54, 1.807) is 0 Å². The maximum atomic E-state index is 12.2. The van der Waals surface area contributed by atoms with Gasteiger partial charge in [0.2, 0.25) is 6.79 Å². The van der Waals surface area contributed by atoms with Gasteiger partial charge in [-0.15, -0.1) is 0 Å². The summed E-state index contributed by atoms with van der Waals surface area (Å²) in [4.78, 5) is 12.2. The fourth-order valence-corrected chi connectivity index (χ4v) is 3.73. The fraction of sp³-hybridized carbons (Fsp3) is 0.519. The third kappa shape index (κ3) is 11.0. The minimum absolute atomic E-state index is 0.0543. The third-order valence-electron chi connectivity index (χ3n) is 5.45. The van der Waals surface area contributed by atoms with Gasteiger partial charge >= 0.3 is 5.97 Å². The monoisotopic (exact) mass is 426 g/mol. The first kappa shape index (κ1) is 24.9. The molecule has 0 amide bonds. The van der Waals surface area contributed by atoms with Crippen LogP contribution in [0.1, 0.15) is 63.0 Å². The van der Waals surface area contributed by atoms with Crippen LogP contribution in [-0.2, 0) is 22.5 Å². The van der Waals surface area contributed by atoms with Crippen LogP contribution >= 0.6 is 0 Å². The van der Waals surface area contributed by atoms with Crippen LogP contribution in [0.3, 0.4) is 0 Å². The Hall–Kier alpha value is -2.33. The molecule has 0 heterocycles. The molecule has 4 nitrogen and oxygen atoms in total. The largest absolute Gasteiger partial charge is 0.457 e. The summed E-state index contributed by atoms with van der Waals surface area (Å²) in [7, 11) is 4.05. The van der Waals surface area contributed by atoms with Crippen molar-refractivity contribution in [2.75, 3.05) is 27.4 Å². The molecule has 0 saturated heterocycles. The standard InChI is InChI=1S/C27H40NO3/c1-4-5-6-7-8-9-11-14-24-17-19-26(20-18-24)30-23-31-27(29)22-28(2,3)21-25-15-12-10-13-16-25/h10,12-13,15-20H,4-9,11,14,21-23H2,1-3H3/q+1. The topological polar surface area (TPSA) is 35.5 Å². The van der Waals surface area contributed by atoms with Gasteiger partial charge in [-0.2, -0.15) is 0 Å². The SMILES string of the molecule is CCCCCCCCCc1ccc(OCOC(=O)C[N+](C)(C)Cc2ccccc2)cc1. The summed E-state index contributed by atoms with van der Waals surface area (Å²) in [5, 5.41) is 0. The molecule has 0 saturated carbocycles. The van der Waals surface area contributed by atoms with E-state index in [0.29, 0.717) is 11.0 Å². The number of hydrogen-bond acceptors (Lipinski definition) is 3. The molecule has 2 aromatic rings. The van der Waals surface area contributed by atoms with Gasteiger partial charge in [-0.1, -0.05) is 87.9 Å². The van der Waals surface area contributed by atoms with Gasteiger partial charge in [0, 0.05) is 5.56 Å². The summed E-state index contributed by atoms with van der Waals surface area (Å²) in [5.41, 5.74) is 2.53. The van der Waals surface area contributed by atoms with Crippen molar-refractivity contribution in [1.29, 1.82) is 0 Å². The minimum atomic E-state index is -0.253. The average Bonchev–Trinajstić information content (AvgIpc) is 2.74. The Labute approximate surface area is 188 Å². The Kier molecular flexibility index (Phi) is 11.2. The molecule has 0 radical (unpaired) electrons. The summed E-state index contributed by atoms with van der Waals surface area (Å²) in [6.07, 6.45) is 10.4. The number of carbonyl (C=O) groups excluding carboxylic acids is 1. The zero-order chi connectivity index (χ0) is 22.4. The summed E-state index contributed by atoms with van der Waals surface area (Å²) >= 11 is 0. The fourth-order valence-electron chi connectivity index (χ4n) is 3.73. The van der Waals surface area contributed by atoms with Crippen LogP contribution in [0, 0.1) is 0 Å². The Balaban J connectivity index is 1.61. The number of likely N-dealkylation sites (N-methyl/N-ethyl adjacent to an activating group) is 1. The predicted octanol–water partition coefficient (Wildman–Crippen LogP) is 6.14. The molecule has 170 valence electrons. The first-order valence-corrected chi connectivity index (χ1v) is 11.7. The number of quaternary nitrogens is 1. The highest BCUT2D eigenvalue weighted by molar-refractivity contribution is 5.70. The molecule has 0 spiro atoms. The predicted molar refractivity (Wildman–Crippen MR) is 127 cm³/mol. The first-order valence-electron chi connectivity index (χ1n) is 11.7. The maximum absolute atomic E-state index is 12.2. The van der Waals surface area contributed by atoms with E-state index in [4.69, 9.17) is 9.47 Å². The van der Waals surface area contributed by atoms with E-state index in [0.717, 1.165) is 18.7 Å². The molecule has 0 aliphatic rings. The number of ether oxygens (including phenoxy) is 2. The Bertz CT molecular complexity index is 741. The van der Waals surface area contributed by atoms with Crippen molar-refractivity contribution in [2.45, 2.75) is 64.8 Å². The molecular weight excluding hydrogens is 386 g/mol. The Morgan fingerprint density at radius 3 is 2.13 bits per heavy atom. The second-order valence-corrected chi connectivity index (χ2v) is 9.03. The molecule has 0 bridgehead atoms. The van der Waals surface area contributed by atoms with Gasteiger partial charge in [-0.05, 0) is 30.5 Å². The maximum Gasteiger partial charge on any atom is 0.364 e. The van der Waals surface area contributed by atoms with E-state index in [-0.39, 0.29) is 12.8 Å². The van der Waals surface area contributed by atoms with E-state index >= 15 is 0 Å². The lowest BCUT2D eigenvalue weighted by Gasteiger charge is -2.28. The zero-order valence-electron chi connectivity index (χ0n) is 19.6. The lowest BCUT2D eigenvalue weighted by atomic mass is 10.0. The number of unbranched alkanes of at least 4 members (excludes halogenated alkanes) is 6. The van der Waals surface area contributed by atoms with Gasteiger partial charge in [0.05, 0.1) is 14.1 Å². The summed E-state index contributed by atoms with van der Waals surface area (Å²) in [5.74, 6) is 0.477. The molecule has 0 aliphatic carbocycles. The molecule has 0 aliphatic heterocycles. The molecule has 0 atom stereocenters. The highest BCUT2D eigenvalue weighted by Gasteiger charge is 2.21. The number of nitrogens with zero attached hydrogens (tertiary/aromatic N) is 1. The first-order chi connectivity index (χ1) is 15.0. The average molecular weight is 427 g/mol. The number of benzene rings is 2. The molecule has 4 heteroatoms. The van der Waals surface area contributed by atoms with E-state index in [9.17, 15) is 4.79 Å². The van der Waals surface area contributed by atoms with Gasteiger partial charge in [-0.3, -0.25) is 0 Å². The lowest BCUT2D eigenvalue weighted by molar-refractivity contribution is -0.896. The molecule has 31 heavy (non-hydrogen) atoms. The molecule has 0 fully saturated rings. The minimum Gasteiger partial charge on any atom is -0.457 e. The van der Waals surface area contributed by atoms with Gasteiger partial charge in [0.1, 0.15) is 12.3 Å². The van der Waals surface area contributed by atoms with Gasteiger partial charge < -0.3 is 14.0 Å². The van der Waals surface area contributed by atoms with Crippen molar-refractivity contribution in [3.05, 3.63) is 65.7 Å². The Morgan fingerprint density at radius 2 is 1.45 bits per heavy atom.